The minimum absolute atomic E-state index is 0.189. The minimum atomic E-state index is -0.726. The van der Waals surface area contributed by atoms with Crippen LogP contribution in [0.25, 0.3) is 0 Å². The molecule has 0 radical (unpaired) electrons. The molecule has 1 unspecified atom stereocenters. The number of nitrogens with zero attached hydrogens (tertiary/aromatic N) is 1. The van der Waals surface area contributed by atoms with Gasteiger partial charge in [0.15, 0.2) is 0 Å². The van der Waals surface area contributed by atoms with Gasteiger partial charge in [-0.1, -0.05) is 30.3 Å². The predicted octanol–water partition coefficient (Wildman–Crippen LogP) is 1.72. The van der Waals surface area contributed by atoms with E-state index in [1.54, 1.807) is 0 Å². The van der Waals surface area contributed by atoms with E-state index in [2.05, 4.69) is 22.3 Å². The van der Waals surface area contributed by atoms with Gasteiger partial charge in [-0.3, -0.25) is 9.69 Å². The topological polar surface area (TPSA) is 52.6 Å². The molecule has 1 heterocycles. The van der Waals surface area contributed by atoms with Crippen molar-refractivity contribution >= 4 is 5.97 Å². The molecule has 1 atom stereocenters. The molecule has 2 rings (SSSR count). The lowest BCUT2D eigenvalue weighted by Crippen LogP contribution is -2.56. The molecule has 1 saturated heterocycles. The summed E-state index contributed by atoms with van der Waals surface area (Å²) in [6, 6.07) is 10.3. The average Bonchev–Trinajstić information content (AvgIpc) is 2.39. The third-order valence-electron chi connectivity index (χ3n) is 3.92. The third kappa shape index (κ3) is 3.78. The molecule has 2 N–H and O–H groups in total. The van der Waals surface area contributed by atoms with Gasteiger partial charge in [0, 0.05) is 18.6 Å². The van der Waals surface area contributed by atoms with Crippen molar-refractivity contribution < 1.29 is 9.90 Å². The smallest absolute Gasteiger partial charge is 0.305 e. The fourth-order valence-electron chi connectivity index (χ4n) is 2.93. The standard InChI is InChI=1S/C15H22N2O2/c1-16-15(10-14(18)19)8-5-9-17(12-15)11-13-6-3-2-4-7-13/h2-4,6-7,16H,5,8-12H2,1H3,(H,18,19). The van der Waals surface area contributed by atoms with Crippen molar-refractivity contribution in [3.05, 3.63) is 35.9 Å². The summed E-state index contributed by atoms with van der Waals surface area (Å²) in [6.07, 6.45) is 2.16. The van der Waals surface area contributed by atoms with E-state index in [1.807, 2.05) is 25.2 Å². The first-order valence-corrected chi connectivity index (χ1v) is 6.80. The molecule has 0 spiro atoms. The summed E-state index contributed by atoms with van der Waals surface area (Å²) in [5, 5.41) is 12.3. The molecule has 4 heteroatoms. The quantitative estimate of drug-likeness (QED) is 0.848. The normalized spacial score (nSPS) is 24.3. The Balaban J connectivity index is 2.01. The van der Waals surface area contributed by atoms with Gasteiger partial charge in [0.1, 0.15) is 0 Å². The van der Waals surface area contributed by atoms with E-state index >= 15 is 0 Å². The van der Waals surface area contributed by atoms with Gasteiger partial charge in [0.25, 0.3) is 0 Å². The summed E-state index contributed by atoms with van der Waals surface area (Å²) < 4.78 is 0. The Morgan fingerprint density at radius 2 is 2.16 bits per heavy atom. The van der Waals surface area contributed by atoms with Gasteiger partial charge in [0.2, 0.25) is 0 Å². The van der Waals surface area contributed by atoms with Crippen molar-refractivity contribution in [3.63, 3.8) is 0 Å². The van der Waals surface area contributed by atoms with Crippen LogP contribution in [0.1, 0.15) is 24.8 Å². The molecule has 0 bridgehead atoms. The van der Waals surface area contributed by atoms with E-state index in [0.29, 0.717) is 0 Å². The average molecular weight is 262 g/mol. The first-order valence-electron chi connectivity index (χ1n) is 6.80. The van der Waals surface area contributed by atoms with Crippen LogP contribution in [-0.2, 0) is 11.3 Å². The Kier molecular flexibility index (Phi) is 4.56. The molecule has 1 aliphatic rings. The number of likely N-dealkylation sites (N-methyl/N-ethyl adjacent to an activating group) is 1. The monoisotopic (exact) mass is 262 g/mol. The van der Waals surface area contributed by atoms with Crippen LogP contribution in [0.4, 0.5) is 0 Å². The lowest BCUT2D eigenvalue weighted by Gasteiger charge is -2.42. The molecule has 104 valence electrons. The Morgan fingerprint density at radius 1 is 1.42 bits per heavy atom. The van der Waals surface area contributed by atoms with E-state index in [4.69, 9.17) is 5.11 Å². The number of piperidine rings is 1. The van der Waals surface area contributed by atoms with E-state index < -0.39 is 5.97 Å². The number of aliphatic carboxylic acids is 1. The molecular weight excluding hydrogens is 240 g/mol. The number of likely N-dealkylation sites (tertiary alicyclic amines) is 1. The molecule has 1 fully saturated rings. The maximum atomic E-state index is 11.0. The number of hydrogen-bond donors (Lipinski definition) is 2. The molecule has 1 aromatic carbocycles. The molecule has 0 aromatic heterocycles. The van der Waals surface area contributed by atoms with Crippen LogP contribution >= 0.6 is 0 Å². The molecule has 1 aromatic rings. The summed E-state index contributed by atoms with van der Waals surface area (Å²) in [5.41, 5.74) is 1.00. The molecule has 19 heavy (non-hydrogen) atoms. The van der Waals surface area contributed by atoms with Crippen molar-refractivity contribution in [2.75, 3.05) is 20.1 Å². The highest BCUT2D eigenvalue weighted by atomic mass is 16.4. The number of carbonyl (C=O) groups is 1. The predicted molar refractivity (Wildman–Crippen MR) is 75.0 cm³/mol. The van der Waals surface area contributed by atoms with Crippen molar-refractivity contribution in [1.29, 1.82) is 0 Å². The van der Waals surface area contributed by atoms with Gasteiger partial charge < -0.3 is 10.4 Å². The van der Waals surface area contributed by atoms with E-state index in [9.17, 15) is 4.79 Å². The number of nitrogens with one attached hydrogen (secondary N) is 1. The zero-order chi connectivity index (χ0) is 13.7. The van der Waals surface area contributed by atoms with Gasteiger partial charge >= 0.3 is 5.97 Å². The van der Waals surface area contributed by atoms with Gasteiger partial charge in [-0.25, -0.2) is 0 Å². The van der Waals surface area contributed by atoms with E-state index in [1.165, 1.54) is 5.56 Å². The summed E-state index contributed by atoms with van der Waals surface area (Å²) in [5.74, 6) is -0.726. The molecular formula is C15H22N2O2. The minimum Gasteiger partial charge on any atom is -0.481 e. The Morgan fingerprint density at radius 3 is 2.79 bits per heavy atom. The van der Waals surface area contributed by atoms with Crippen LogP contribution < -0.4 is 5.32 Å². The first kappa shape index (κ1) is 14.0. The van der Waals surface area contributed by atoms with Crippen molar-refractivity contribution in [3.8, 4) is 0 Å². The highest BCUT2D eigenvalue weighted by molar-refractivity contribution is 5.68. The Bertz CT molecular complexity index is 421. The van der Waals surface area contributed by atoms with Crippen LogP contribution in [0.3, 0.4) is 0 Å². The zero-order valence-electron chi connectivity index (χ0n) is 11.4. The molecule has 0 amide bonds. The fourth-order valence-corrected chi connectivity index (χ4v) is 2.93. The van der Waals surface area contributed by atoms with E-state index in [-0.39, 0.29) is 12.0 Å². The van der Waals surface area contributed by atoms with Crippen LogP contribution in [0, 0.1) is 0 Å². The Hall–Kier alpha value is -1.39. The van der Waals surface area contributed by atoms with Crippen molar-refractivity contribution in [2.45, 2.75) is 31.3 Å². The number of carboxylic acids is 1. The molecule has 4 nitrogen and oxygen atoms in total. The third-order valence-corrected chi connectivity index (χ3v) is 3.92. The lowest BCUT2D eigenvalue weighted by atomic mass is 9.85. The van der Waals surface area contributed by atoms with Crippen LogP contribution in [0.5, 0.6) is 0 Å². The summed E-state index contributed by atoms with van der Waals surface area (Å²) in [7, 11) is 1.87. The maximum Gasteiger partial charge on any atom is 0.305 e. The highest BCUT2D eigenvalue weighted by Crippen LogP contribution is 2.25. The van der Waals surface area contributed by atoms with Crippen LogP contribution in [-0.4, -0.2) is 41.7 Å². The lowest BCUT2D eigenvalue weighted by molar-refractivity contribution is -0.139. The number of hydrogen-bond acceptors (Lipinski definition) is 3. The highest BCUT2D eigenvalue weighted by Gasteiger charge is 2.35. The second kappa shape index (κ2) is 6.17. The van der Waals surface area contributed by atoms with Gasteiger partial charge in [-0.05, 0) is 32.0 Å². The van der Waals surface area contributed by atoms with E-state index in [0.717, 1.165) is 32.5 Å². The van der Waals surface area contributed by atoms with Gasteiger partial charge in [0.05, 0.1) is 6.42 Å². The number of rotatable bonds is 5. The van der Waals surface area contributed by atoms with Crippen molar-refractivity contribution in [2.24, 2.45) is 0 Å². The second-order valence-electron chi connectivity index (χ2n) is 5.40. The molecule has 0 saturated carbocycles. The first-order chi connectivity index (χ1) is 9.13. The van der Waals surface area contributed by atoms with Crippen LogP contribution in [0.15, 0.2) is 30.3 Å². The molecule has 1 aliphatic heterocycles. The maximum absolute atomic E-state index is 11.0. The van der Waals surface area contributed by atoms with Crippen LogP contribution in [0.2, 0.25) is 0 Å². The fraction of sp³-hybridized carbons (Fsp3) is 0.533. The largest absolute Gasteiger partial charge is 0.481 e. The number of benzene rings is 1. The van der Waals surface area contributed by atoms with Crippen molar-refractivity contribution in [1.82, 2.24) is 10.2 Å². The summed E-state index contributed by atoms with van der Waals surface area (Å²) in [4.78, 5) is 13.4. The van der Waals surface area contributed by atoms with Gasteiger partial charge in [-0.15, -0.1) is 0 Å². The number of carboxylic acid groups (broad SMARTS) is 1. The zero-order valence-corrected chi connectivity index (χ0v) is 11.4. The summed E-state index contributed by atoms with van der Waals surface area (Å²) >= 11 is 0. The second-order valence-corrected chi connectivity index (χ2v) is 5.40. The van der Waals surface area contributed by atoms with Gasteiger partial charge in [-0.2, -0.15) is 0 Å². The molecule has 0 aliphatic carbocycles. The SMILES string of the molecule is CNC1(CC(=O)O)CCCN(Cc2ccccc2)C1. The summed E-state index contributed by atoms with van der Waals surface area (Å²) in [6.45, 7) is 2.73. The Labute approximate surface area is 114 Å².